The summed E-state index contributed by atoms with van der Waals surface area (Å²) in [6.45, 7) is 3.78. The number of aliphatic hydroxyl groups is 2. The minimum absolute atomic E-state index is 0.0634. The second kappa shape index (κ2) is 18.7. The molecule has 2 atom stereocenters. The fourth-order valence-electron chi connectivity index (χ4n) is 2.63. The van der Waals surface area contributed by atoms with Crippen LogP contribution in [0.15, 0.2) is 24.3 Å². The van der Waals surface area contributed by atoms with E-state index in [-0.39, 0.29) is 12.4 Å². The zero-order valence-electron chi connectivity index (χ0n) is 16.9. The van der Waals surface area contributed by atoms with E-state index in [1.54, 1.807) is 6.92 Å². The van der Waals surface area contributed by atoms with Crippen LogP contribution in [0.3, 0.4) is 0 Å². The molecule has 0 aromatic rings. The Bertz CT molecular complexity index is 374. The lowest BCUT2D eigenvalue weighted by atomic mass is 10.1. The van der Waals surface area contributed by atoms with Crippen molar-refractivity contribution < 1.29 is 19.7 Å². The van der Waals surface area contributed by atoms with Gasteiger partial charge in [0.05, 0.1) is 6.10 Å². The summed E-state index contributed by atoms with van der Waals surface area (Å²) in [6.07, 6.45) is 20.1. The molecule has 0 radical (unpaired) electrons. The Morgan fingerprint density at radius 3 is 2.08 bits per heavy atom. The normalized spacial score (nSPS) is 14.2. The maximum Gasteiger partial charge on any atom is 0.308 e. The van der Waals surface area contributed by atoms with Crippen LogP contribution in [0.5, 0.6) is 0 Å². The summed E-state index contributed by atoms with van der Waals surface area (Å²) in [5, 5.41) is 18.5. The van der Waals surface area contributed by atoms with Crippen LogP contribution >= 0.6 is 0 Å². The predicted octanol–water partition coefficient (Wildman–Crippen LogP) is 5.43. The fraction of sp³-hybridized carbons (Fsp3) is 0.773. The van der Waals surface area contributed by atoms with Gasteiger partial charge in [0.1, 0.15) is 0 Å². The molecule has 0 bridgehead atoms. The van der Waals surface area contributed by atoms with Crippen LogP contribution < -0.4 is 0 Å². The first-order chi connectivity index (χ1) is 12.6. The molecule has 2 N–H and O–H groups in total. The van der Waals surface area contributed by atoms with Crippen LogP contribution in [0, 0.1) is 0 Å². The monoisotopic (exact) mass is 368 g/mol. The first kappa shape index (κ1) is 24.9. The zero-order valence-corrected chi connectivity index (χ0v) is 16.9. The van der Waals surface area contributed by atoms with Crippen molar-refractivity contribution in [2.24, 2.45) is 0 Å². The third kappa shape index (κ3) is 19.2. The third-order valence-corrected chi connectivity index (χ3v) is 4.14. The van der Waals surface area contributed by atoms with Gasteiger partial charge in [-0.3, -0.25) is 4.79 Å². The fourth-order valence-corrected chi connectivity index (χ4v) is 2.63. The molecule has 0 aliphatic carbocycles. The van der Waals surface area contributed by atoms with Gasteiger partial charge in [0, 0.05) is 12.8 Å². The summed E-state index contributed by atoms with van der Waals surface area (Å²) in [7, 11) is 0. The molecule has 2 unspecified atom stereocenters. The van der Waals surface area contributed by atoms with E-state index in [0.717, 1.165) is 32.1 Å². The number of allylic oxidation sites excluding steroid dienone is 4. The number of carbonyl (C=O) groups is 1. The molecule has 4 heteroatoms. The second-order valence-electron chi connectivity index (χ2n) is 7.01. The molecule has 0 rings (SSSR count). The molecule has 0 aliphatic rings. The first-order valence-electron chi connectivity index (χ1n) is 10.4. The van der Waals surface area contributed by atoms with Crippen molar-refractivity contribution in [1.82, 2.24) is 0 Å². The highest BCUT2D eigenvalue weighted by atomic mass is 16.6. The van der Waals surface area contributed by atoms with E-state index in [1.807, 2.05) is 0 Å². The molecule has 0 aromatic carbocycles. The van der Waals surface area contributed by atoms with Gasteiger partial charge < -0.3 is 14.9 Å². The van der Waals surface area contributed by atoms with Crippen molar-refractivity contribution in [2.75, 3.05) is 0 Å². The average Bonchev–Trinajstić information content (AvgIpc) is 2.57. The molecule has 0 spiro atoms. The van der Waals surface area contributed by atoms with Crippen LogP contribution in [-0.2, 0) is 9.53 Å². The van der Waals surface area contributed by atoms with Gasteiger partial charge in [-0.25, -0.2) is 0 Å². The van der Waals surface area contributed by atoms with Crippen molar-refractivity contribution in [2.45, 2.75) is 110 Å². The summed E-state index contributed by atoms with van der Waals surface area (Å²) in [5.41, 5.74) is 0. The Hall–Kier alpha value is -1.13. The van der Waals surface area contributed by atoms with Crippen molar-refractivity contribution >= 4 is 5.97 Å². The van der Waals surface area contributed by atoms with Gasteiger partial charge in [0.2, 0.25) is 6.29 Å². The SMILES string of the molecule is CCCCC/C=C\C/C=C\CCCCCCCC(=O)OC(O)CC(C)O. The number of hydrogen-bond donors (Lipinski definition) is 2. The number of hydrogen-bond acceptors (Lipinski definition) is 4. The van der Waals surface area contributed by atoms with E-state index < -0.39 is 12.4 Å². The topological polar surface area (TPSA) is 66.8 Å². The lowest BCUT2D eigenvalue weighted by molar-refractivity contribution is -0.171. The summed E-state index contributed by atoms with van der Waals surface area (Å²) in [5.74, 6) is -0.385. The van der Waals surface area contributed by atoms with Gasteiger partial charge in [0.15, 0.2) is 0 Å². The highest BCUT2D eigenvalue weighted by molar-refractivity contribution is 5.69. The molecular formula is C22H40O4. The molecule has 0 aliphatic heterocycles. The molecule has 152 valence electrons. The van der Waals surface area contributed by atoms with Crippen LogP contribution in [0.25, 0.3) is 0 Å². The third-order valence-electron chi connectivity index (χ3n) is 4.14. The number of aliphatic hydroxyl groups excluding tert-OH is 2. The standard InChI is InChI=1S/C22H40O4/c1-3-4-5-6-7-8-9-10-11-12-13-14-15-16-17-18-21(24)26-22(25)19-20(2)23/h7-8,10-11,20,22-23,25H,3-6,9,12-19H2,1-2H3/b8-7-,11-10-. The van der Waals surface area contributed by atoms with Gasteiger partial charge in [-0.2, -0.15) is 0 Å². The summed E-state index contributed by atoms with van der Waals surface area (Å²) in [4.78, 5) is 11.5. The Labute approximate surface area is 160 Å². The highest BCUT2D eigenvalue weighted by Gasteiger charge is 2.12. The molecular weight excluding hydrogens is 328 g/mol. The molecule has 26 heavy (non-hydrogen) atoms. The van der Waals surface area contributed by atoms with E-state index in [0.29, 0.717) is 6.42 Å². The smallest absolute Gasteiger partial charge is 0.308 e. The molecule has 0 heterocycles. The van der Waals surface area contributed by atoms with E-state index in [4.69, 9.17) is 9.84 Å². The van der Waals surface area contributed by atoms with Crippen LogP contribution in [0.1, 0.15) is 97.3 Å². The van der Waals surface area contributed by atoms with Crippen molar-refractivity contribution in [3.05, 3.63) is 24.3 Å². The quantitative estimate of drug-likeness (QED) is 0.155. The summed E-state index contributed by atoms with van der Waals surface area (Å²) < 4.78 is 4.82. The highest BCUT2D eigenvalue weighted by Crippen LogP contribution is 2.10. The molecule has 0 saturated carbocycles. The van der Waals surface area contributed by atoms with E-state index in [1.165, 1.54) is 38.5 Å². The lowest BCUT2D eigenvalue weighted by Gasteiger charge is -2.13. The number of rotatable bonds is 17. The lowest BCUT2D eigenvalue weighted by Crippen LogP contribution is -2.21. The molecule has 0 amide bonds. The van der Waals surface area contributed by atoms with Gasteiger partial charge in [0.25, 0.3) is 0 Å². The Kier molecular flexibility index (Phi) is 17.8. The van der Waals surface area contributed by atoms with Crippen molar-refractivity contribution in [3.63, 3.8) is 0 Å². The molecule has 0 fully saturated rings. The average molecular weight is 369 g/mol. The Morgan fingerprint density at radius 2 is 1.46 bits per heavy atom. The van der Waals surface area contributed by atoms with E-state index in [2.05, 4.69) is 31.2 Å². The summed E-state index contributed by atoms with van der Waals surface area (Å²) in [6, 6.07) is 0. The molecule has 0 aromatic heterocycles. The van der Waals surface area contributed by atoms with Crippen molar-refractivity contribution in [3.8, 4) is 0 Å². The maximum absolute atomic E-state index is 11.5. The number of ether oxygens (including phenoxy) is 1. The van der Waals surface area contributed by atoms with Crippen molar-refractivity contribution in [1.29, 1.82) is 0 Å². The van der Waals surface area contributed by atoms with Gasteiger partial charge in [-0.1, -0.05) is 63.3 Å². The minimum Gasteiger partial charge on any atom is -0.436 e. The van der Waals surface area contributed by atoms with Crippen LogP contribution in [-0.4, -0.2) is 28.6 Å². The largest absolute Gasteiger partial charge is 0.436 e. The zero-order chi connectivity index (χ0) is 19.5. The Morgan fingerprint density at radius 1 is 0.885 bits per heavy atom. The predicted molar refractivity (Wildman–Crippen MR) is 108 cm³/mol. The minimum atomic E-state index is -1.19. The number of carbonyl (C=O) groups excluding carboxylic acids is 1. The van der Waals surface area contributed by atoms with Crippen LogP contribution in [0.2, 0.25) is 0 Å². The van der Waals surface area contributed by atoms with Crippen LogP contribution in [0.4, 0.5) is 0 Å². The first-order valence-corrected chi connectivity index (χ1v) is 10.4. The Balaban J connectivity index is 3.37. The van der Waals surface area contributed by atoms with E-state index in [9.17, 15) is 9.90 Å². The number of unbranched alkanes of at least 4 members (excludes halogenated alkanes) is 8. The second-order valence-corrected chi connectivity index (χ2v) is 7.01. The van der Waals surface area contributed by atoms with Gasteiger partial charge >= 0.3 is 5.97 Å². The van der Waals surface area contributed by atoms with E-state index >= 15 is 0 Å². The number of esters is 1. The molecule has 4 nitrogen and oxygen atoms in total. The maximum atomic E-state index is 11.5. The molecule has 0 saturated heterocycles. The van der Waals surface area contributed by atoms with Gasteiger partial charge in [-0.05, 0) is 45.4 Å². The summed E-state index contributed by atoms with van der Waals surface area (Å²) >= 11 is 0. The van der Waals surface area contributed by atoms with Gasteiger partial charge in [-0.15, -0.1) is 0 Å².